The molecular formula is C30H35FN6O3. The molecule has 210 valence electrons. The molecule has 3 saturated heterocycles. The van der Waals surface area contributed by atoms with Crippen molar-refractivity contribution in [3.8, 4) is 23.0 Å². The number of benzene rings is 2. The number of anilines is 1. The lowest BCUT2D eigenvalue weighted by Gasteiger charge is -2.34. The molecule has 0 saturated carbocycles. The van der Waals surface area contributed by atoms with Crippen molar-refractivity contribution in [2.75, 3.05) is 52.3 Å². The maximum absolute atomic E-state index is 15.9. The van der Waals surface area contributed by atoms with Gasteiger partial charge in [0.05, 0.1) is 18.6 Å². The van der Waals surface area contributed by atoms with E-state index in [0.717, 1.165) is 43.2 Å². The molecule has 2 aromatic heterocycles. The molecule has 3 fully saturated rings. The number of aromatic nitrogens is 3. The first-order valence-corrected chi connectivity index (χ1v) is 13.8. The summed E-state index contributed by atoms with van der Waals surface area (Å²) in [6, 6.07) is 11.6. The largest absolute Gasteiger partial charge is 0.508 e. The average molecular weight is 547 g/mol. The Bertz CT molecular complexity index is 1520. The molecule has 0 spiro atoms. The van der Waals surface area contributed by atoms with Gasteiger partial charge in [-0.05, 0) is 49.2 Å². The van der Waals surface area contributed by atoms with E-state index in [-0.39, 0.29) is 23.0 Å². The van der Waals surface area contributed by atoms with Gasteiger partial charge in [0.25, 0.3) is 0 Å². The Morgan fingerprint density at radius 3 is 2.45 bits per heavy atom. The van der Waals surface area contributed by atoms with Crippen molar-refractivity contribution in [2.45, 2.75) is 37.5 Å². The van der Waals surface area contributed by atoms with E-state index in [0.29, 0.717) is 35.0 Å². The molecule has 5 heterocycles. The molecule has 7 rings (SSSR count). The quantitative estimate of drug-likeness (QED) is 0.394. The molecule has 10 heteroatoms. The third kappa shape index (κ3) is 5.14. The number of methoxy groups -OCH3 is 2. The second-order valence-corrected chi connectivity index (χ2v) is 10.9. The summed E-state index contributed by atoms with van der Waals surface area (Å²) in [5.74, 6) is 0.138. The van der Waals surface area contributed by atoms with Crippen LogP contribution in [0.25, 0.3) is 32.9 Å². The molecule has 0 aliphatic carbocycles. The van der Waals surface area contributed by atoms with Gasteiger partial charge >= 0.3 is 6.01 Å². The third-order valence-electron chi connectivity index (χ3n) is 8.13. The van der Waals surface area contributed by atoms with E-state index < -0.39 is 5.82 Å². The Kier molecular flexibility index (Phi) is 7.39. The number of hydrogen-bond acceptors (Lipinski definition) is 9. The van der Waals surface area contributed by atoms with Gasteiger partial charge in [0.15, 0.2) is 5.82 Å². The zero-order chi connectivity index (χ0) is 27.8. The van der Waals surface area contributed by atoms with Crippen molar-refractivity contribution in [3.63, 3.8) is 0 Å². The zero-order valence-corrected chi connectivity index (χ0v) is 23.1. The second-order valence-electron chi connectivity index (χ2n) is 10.9. The lowest BCUT2D eigenvalue weighted by atomic mass is 10.0. The van der Waals surface area contributed by atoms with Crippen LogP contribution in [0.1, 0.15) is 19.3 Å². The summed E-state index contributed by atoms with van der Waals surface area (Å²) >= 11 is 0. The number of pyridine rings is 1. The van der Waals surface area contributed by atoms with E-state index in [9.17, 15) is 5.11 Å². The SMILES string of the molecule is COC1CCN(C)C1.COc1nc(N2CC3CCC(C2)N3)c2cnc(-c3cc(O)cc4ccccc34)c(F)c2n1. The molecule has 3 aliphatic heterocycles. The monoisotopic (exact) mass is 546 g/mol. The number of hydrogen-bond donors (Lipinski definition) is 2. The van der Waals surface area contributed by atoms with Crippen LogP contribution in [0.15, 0.2) is 42.6 Å². The van der Waals surface area contributed by atoms with Crippen molar-refractivity contribution in [1.29, 1.82) is 0 Å². The molecule has 0 radical (unpaired) electrons. The molecular weight excluding hydrogens is 511 g/mol. The van der Waals surface area contributed by atoms with Gasteiger partial charge in [-0.2, -0.15) is 9.97 Å². The van der Waals surface area contributed by atoms with Crippen LogP contribution in [-0.4, -0.2) is 90.6 Å². The van der Waals surface area contributed by atoms with Crippen molar-refractivity contribution in [2.24, 2.45) is 0 Å². The van der Waals surface area contributed by atoms with Crippen molar-refractivity contribution < 1.29 is 19.0 Å². The number of piperazine rings is 1. The average Bonchev–Trinajstić information content (AvgIpc) is 3.55. The number of phenolic OH excluding ortho intramolecular Hbond substituents is 1. The van der Waals surface area contributed by atoms with Gasteiger partial charge in [-0.3, -0.25) is 4.98 Å². The minimum Gasteiger partial charge on any atom is -0.508 e. The Labute approximate surface area is 232 Å². The highest BCUT2D eigenvalue weighted by molar-refractivity contribution is 5.99. The fourth-order valence-electron chi connectivity index (χ4n) is 6.09. The standard InChI is InChI=1S/C24H22FN5O2.C6H13NO/c1-32-24-28-22-19(23(29-24)30-11-14-6-7-15(12-30)27-14)10-26-21(20(22)25)18-9-16(31)8-13-4-2-3-5-17(13)18;1-7-4-3-6(5-7)8-2/h2-5,8-10,14-15,27,31H,6-7,11-12H2,1H3;6H,3-5H2,1-2H3. The van der Waals surface area contributed by atoms with Crippen LogP contribution in [0.4, 0.5) is 10.2 Å². The number of likely N-dealkylation sites (tertiary alicyclic amines) is 1. The van der Waals surface area contributed by atoms with Crippen molar-refractivity contribution in [3.05, 3.63) is 48.4 Å². The summed E-state index contributed by atoms with van der Waals surface area (Å²) in [5.41, 5.74) is 0.811. The molecule has 3 aliphatic rings. The van der Waals surface area contributed by atoms with Crippen LogP contribution >= 0.6 is 0 Å². The summed E-state index contributed by atoms with van der Waals surface area (Å²) in [5, 5.41) is 16.0. The van der Waals surface area contributed by atoms with Crippen LogP contribution in [0.2, 0.25) is 0 Å². The molecule has 2 N–H and O–H groups in total. The molecule has 3 unspecified atom stereocenters. The molecule has 40 heavy (non-hydrogen) atoms. The highest BCUT2D eigenvalue weighted by Crippen LogP contribution is 2.37. The van der Waals surface area contributed by atoms with E-state index in [1.165, 1.54) is 26.1 Å². The Morgan fingerprint density at radius 2 is 1.77 bits per heavy atom. The lowest BCUT2D eigenvalue weighted by Crippen LogP contribution is -2.51. The van der Waals surface area contributed by atoms with Gasteiger partial charge in [-0.15, -0.1) is 0 Å². The zero-order valence-electron chi connectivity index (χ0n) is 23.1. The predicted octanol–water partition coefficient (Wildman–Crippen LogP) is 3.98. The van der Waals surface area contributed by atoms with Gasteiger partial charge in [0, 0.05) is 57.1 Å². The normalized spacial score (nSPS) is 22.5. The van der Waals surface area contributed by atoms with E-state index in [1.807, 2.05) is 24.3 Å². The number of nitrogens with zero attached hydrogens (tertiary/aromatic N) is 5. The van der Waals surface area contributed by atoms with E-state index in [1.54, 1.807) is 19.4 Å². The van der Waals surface area contributed by atoms with Gasteiger partial charge in [0.1, 0.15) is 22.8 Å². The number of likely N-dealkylation sites (N-methyl/N-ethyl adjacent to an activating group) is 1. The first kappa shape index (κ1) is 26.6. The molecule has 3 atom stereocenters. The van der Waals surface area contributed by atoms with Crippen LogP contribution in [0.3, 0.4) is 0 Å². The predicted molar refractivity (Wildman–Crippen MR) is 154 cm³/mol. The minimum atomic E-state index is -0.557. The lowest BCUT2D eigenvalue weighted by molar-refractivity contribution is 0.111. The van der Waals surface area contributed by atoms with Gasteiger partial charge < -0.3 is 29.7 Å². The van der Waals surface area contributed by atoms with Gasteiger partial charge in [-0.25, -0.2) is 4.39 Å². The summed E-state index contributed by atoms with van der Waals surface area (Å²) in [4.78, 5) is 17.8. The van der Waals surface area contributed by atoms with Crippen molar-refractivity contribution >= 4 is 27.5 Å². The molecule has 9 nitrogen and oxygen atoms in total. The number of nitrogens with one attached hydrogen (secondary N) is 1. The van der Waals surface area contributed by atoms with Crippen molar-refractivity contribution in [1.82, 2.24) is 25.2 Å². The van der Waals surface area contributed by atoms with Crippen LogP contribution in [0, 0.1) is 5.82 Å². The number of fused-ring (bicyclic) bond motifs is 4. The van der Waals surface area contributed by atoms with Gasteiger partial charge in [-0.1, -0.05) is 24.3 Å². The fraction of sp³-hybridized carbons (Fsp3) is 0.433. The maximum atomic E-state index is 15.9. The van der Waals surface area contributed by atoms with Crippen LogP contribution in [0.5, 0.6) is 11.8 Å². The van der Waals surface area contributed by atoms with Crippen LogP contribution < -0.4 is 15.0 Å². The number of aromatic hydroxyl groups is 1. The van der Waals surface area contributed by atoms with E-state index in [2.05, 4.69) is 37.1 Å². The van der Waals surface area contributed by atoms with E-state index >= 15 is 4.39 Å². The topological polar surface area (TPSA) is 95.9 Å². The number of phenols is 1. The number of rotatable bonds is 4. The Hall–Kier alpha value is -3.60. The molecule has 2 aromatic carbocycles. The number of halogens is 1. The summed E-state index contributed by atoms with van der Waals surface area (Å²) < 4.78 is 26.4. The highest BCUT2D eigenvalue weighted by atomic mass is 19.1. The summed E-state index contributed by atoms with van der Waals surface area (Å²) in [6.45, 7) is 3.90. The minimum absolute atomic E-state index is 0.0530. The first-order valence-electron chi connectivity index (χ1n) is 13.8. The van der Waals surface area contributed by atoms with E-state index in [4.69, 9.17) is 9.47 Å². The second kappa shape index (κ2) is 11.1. The third-order valence-corrected chi connectivity index (χ3v) is 8.13. The molecule has 4 aromatic rings. The fourth-order valence-corrected chi connectivity index (χ4v) is 6.09. The first-order chi connectivity index (χ1) is 19.4. The molecule has 2 bridgehead atoms. The Morgan fingerprint density at radius 1 is 1.00 bits per heavy atom. The summed E-state index contributed by atoms with van der Waals surface area (Å²) in [7, 11) is 5.39. The maximum Gasteiger partial charge on any atom is 0.318 e. The molecule has 0 amide bonds. The van der Waals surface area contributed by atoms with Gasteiger partial charge in [0.2, 0.25) is 0 Å². The Balaban J connectivity index is 0.000000313. The highest BCUT2D eigenvalue weighted by Gasteiger charge is 2.34. The van der Waals surface area contributed by atoms with Crippen LogP contribution in [-0.2, 0) is 4.74 Å². The summed E-state index contributed by atoms with van der Waals surface area (Å²) in [6.07, 6.45) is 5.59. The number of ether oxygens (including phenoxy) is 2. The smallest absolute Gasteiger partial charge is 0.318 e.